The quantitative estimate of drug-likeness (QED) is 0.364. The van der Waals surface area contributed by atoms with Crippen LogP contribution in [0.25, 0.3) is 10.9 Å². The molecule has 0 bridgehead atoms. The van der Waals surface area contributed by atoms with E-state index < -0.39 is 5.60 Å². The Morgan fingerprint density at radius 1 is 1.08 bits per heavy atom. The Bertz CT molecular complexity index is 1240. The molecule has 0 saturated carbocycles. The molecular weight excluding hydrogens is 508 g/mol. The number of halogens is 1. The number of thioether (sulfide) groups is 1. The fourth-order valence-corrected chi connectivity index (χ4v) is 5.77. The Balaban J connectivity index is 1.74. The first-order valence-corrected chi connectivity index (χ1v) is 13.9. The van der Waals surface area contributed by atoms with Crippen molar-refractivity contribution in [3.05, 3.63) is 58.7 Å². The van der Waals surface area contributed by atoms with Gasteiger partial charge in [0.05, 0.1) is 18.8 Å². The molecule has 2 heterocycles. The molecule has 200 valence electrons. The third-order valence-electron chi connectivity index (χ3n) is 6.08. The number of ether oxygens (including phenoxy) is 2. The number of rotatable bonds is 8. The van der Waals surface area contributed by atoms with Crippen molar-refractivity contribution in [1.82, 2.24) is 9.47 Å². The van der Waals surface area contributed by atoms with Crippen molar-refractivity contribution in [3.8, 4) is 5.75 Å². The van der Waals surface area contributed by atoms with Gasteiger partial charge < -0.3 is 24.0 Å². The van der Waals surface area contributed by atoms with Gasteiger partial charge in [-0.2, -0.15) is 0 Å². The average molecular weight is 545 g/mol. The van der Waals surface area contributed by atoms with Crippen LogP contribution in [0.4, 0.5) is 0 Å². The van der Waals surface area contributed by atoms with Gasteiger partial charge in [0.1, 0.15) is 5.75 Å². The first kappa shape index (κ1) is 27.8. The van der Waals surface area contributed by atoms with E-state index in [-0.39, 0.29) is 17.3 Å². The number of carbonyl (C=O) groups is 1. The molecule has 8 heteroatoms. The maximum Gasteiger partial charge on any atom is 0.260 e. The van der Waals surface area contributed by atoms with Crippen LogP contribution in [0.2, 0.25) is 5.02 Å². The first-order chi connectivity index (χ1) is 17.4. The van der Waals surface area contributed by atoms with Gasteiger partial charge in [0.25, 0.3) is 5.91 Å². The van der Waals surface area contributed by atoms with Crippen molar-refractivity contribution in [3.63, 3.8) is 0 Å². The molecule has 1 amide bonds. The van der Waals surface area contributed by atoms with Crippen LogP contribution in [0.3, 0.4) is 0 Å². The summed E-state index contributed by atoms with van der Waals surface area (Å²) in [6.07, 6.45) is 0.499. The Hall–Kier alpha value is -2.19. The second kappa shape index (κ2) is 11.3. The lowest BCUT2D eigenvalue weighted by Gasteiger charge is -2.26. The minimum atomic E-state index is -0.886. The lowest BCUT2D eigenvalue weighted by atomic mass is 10.0. The molecule has 4 rings (SSSR count). The summed E-state index contributed by atoms with van der Waals surface area (Å²) in [4.78, 5) is 15.5. The van der Waals surface area contributed by atoms with Crippen LogP contribution in [0.1, 0.15) is 45.9 Å². The van der Waals surface area contributed by atoms with Gasteiger partial charge in [0.15, 0.2) is 6.61 Å². The summed E-state index contributed by atoms with van der Waals surface area (Å²) < 4.78 is 13.6. The van der Waals surface area contributed by atoms with E-state index in [1.807, 2.05) is 50.2 Å². The van der Waals surface area contributed by atoms with Crippen molar-refractivity contribution in [1.29, 1.82) is 0 Å². The molecular formula is C29H37ClN2O4S. The molecule has 37 heavy (non-hydrogen) atoms. The van der Waals surface area contributed by atoms with Gasteiger partial charge in [-0.1, -0.05) is 44.5 Å². The fourth-order valence-electron chi connectivity index (χ4n) is 4.45. The van der Waals surface area contributed by atoms with Crippen LogP contribution in [-0.4, -0.2) is 63.7 Å². The normalized spacial score (nSPS) is 14.8. The van der Waals surface area contributed by atoms with Gasteiger partial charge in [-0.25, -0.2) is 0 Å². The van der Waals surface area contributed by atoms with Gasteiger partial charge in [-0.3, -0.25) is 4.79 Å². The summed E-state index contributed by atoms with van der Waals surface area (Å²) in [7, 11) is 0. The fraction of sp³-hybridized carbons (Fsp3) is 0.483. The SMILES string of the molecule is CC(C)(O)Cc1c(SC(C)(C)C)c2cc(OCC(=O)N3CCOCC3)ccc2n1Cc1ccc(Cl)cc1. The molecule has 2 aromatic carbocycles. The number of amides is 1. The monoisotopic (exact) mass is 544 g/mol. The number of aliphatic hydroxyl groups is 1. The molecule has 1 N–H and O–H groups in total. The zero-order valence-corrected chi connectivity index (χ0v) is 23.9. The molecule has 6 nitrogen and oxygen atoms in total. The predicted molar refractivity (Wildman–Crippen MR) is 151 cm³/mol. The van der Waals surface area contributed by atoms with E-state index in [0.29, 0.717) is 50.0 Å². The van der Waals surface area contributed by atoms with Crippen LogP contribution in [-0.2, 0) is 22.5 Å². The molecule has 3 aromatic rings. The maximum absolute atomic E-state index is 12.6. The van der Waals surface area contributed by atoms with Crippen LogP contribution in [0.15, 0.2) is 47.4 Å². The highest BCUT2D eigenvalue weighted by Gasteiger charge is 2.27. The predicted octanol–water partition coefficient (Wildman–Crippen LogP) is 5.78. The largest absolute Gasteiger partial charge is 0.484 e. The Morgan fingerprint density at radius 3 is 2.38 bits per heavy atom. The van der Waals surface area contributed by atoms with Gasteiger partial charge in [-0.15, -0.1) is 11.8 Å². The van der Waals surface area contributed by atoms with Crippen LogP contribution in [0, 0.1) is 0 Å². The van der Waals surface area contributed by atoms with E-state index in [9.17, 15) is 9.90 Å². The highest BCUT2D eigenvalue weighted by molar-refractivity contribution is 8.00. The molecule has 1 aliphatic rings. The van der Waals surface area contributed by atoms with E-state index in [2.05, 4.69) is 31.4 Å². The summed E-state index contributed by atoms with van der Waals surface area (Å²) in [6.45, 7) is 13.2. The summed E-state index contributed by atoms with van der Waals surface area (Å²) in [5, 5.41) is 12.6. The number of benzene rings is 2. The standard InChI is InChI=1S/C29H37ClN2O4S/c1-28(2,3)37-27-23-16-22(36-19-26(33)31-12-14-35-15-13-31)10-11-24(23)32(25(27)17-29(4,5)34)18-20-6-8-21(30)9-7-20/h6-11,16,34H,12-15,17-19H2,1-5H3. The number of nitrogens with zero attached hydrogens (tertiary/aromatic N) is 2. The van der Waals surface area contributed by atoms with Crippen LogP contribution >= 0.6 is 23.4 Å². The Labute approximate surface area is 228 Å². The molecule has 0 radical (unpaired) electrons. The van der Waals surface area contributed by atoms with Gasteiger partial charge >= 0.3 is 0 Å². The third kappa shape index (κ3) is 7.44. The van der Waals surface area contributed by atoms with E-state index in [1.165, 1.54) is 0 Å². The minimum Gasteiger partial charge on any atom is -0.484 e. The molecule has 1 aliphatic heterocycles. The van der Waals surface area contributed by atoms with Crippen molar-refractivity contribution in [2.24, 2.45) is 0 Å². The van der Waals surface area contributed by atoms with Crippen molar-refractivity contribution in [2.45, 2.75) is 62.8 Å². The minimum absolute atomic E-state index is 0.00470. The van der Waals surface area contributed by atoms with E-state index in [0.717, 1.165) is 27.1 Å². The number of carbonyl (C=O) groups excluding carboxylic acids is 1. The molecule has 0 spiro atoms. The molecule has 1 saturated heterocycles. The molecule has 1 fully saturated rings. The third-order valence-corrected chi connectivity index (χ3v) is 7.60. The Morgan fingerprint density at radius 2 is 1.76 bits per heavy atom. The number of morpholine rings is 1. The van der Waals surface area contributed by atoms with Crippen LogP contribution < -0.4 is 4.74 Å². The lowest BCUT2D eigenvalue weighted by Crippen LogP contribution is -2.42. The highest BCUT2D eigenvalue weighted by atomic mass is 35.5. The van der Waals surface area contributed by atoms with Gasteiger partial charge in [0.2, 0.25) is 0 Å². The topological polar surface area (TPSA) is 63.9 Å². The second-order valence-corrected chi connectivity index (χ2v) is 13.4. The van der Waals surface area contributed by atoms with Crippen molar-refractivity contribution in [2.75, 3.05) is 32.9 Å². The van der Waals surface area contributed by atoms with Gasteiger partial charge in [-0.05, 0) is 49.7 Å². The van der Waals surface area contributed by atoms with Crippen molar-refractivity contribution >= 4 is 40.2 Å². The second-order valence-electron chi connectivity index (χ2n) is 11.2. The van der Waals surface area contributed by atoms with E-state index in [1.54, 1.807) is 16.7 Å². The molecule has 1 aromatic heterocycles. The zero-order valence-electron chi connectivity index (χ0n) is 22.3. The lowest BCUT2D eigenvalue weighted by molar-refractivity contribution is -0.137. The van der Waals surface area contributed by atoms with Gasteiger partial charge in [0, 0.05) is 57.3 Å². The summed E-state index contributed by atoms with van der Waals surface area (Å²) in [5.41, 5.74) is 2.39. The summed E-state index contributed by atoms with van der Waals surface area (Å²) in [5.74, 6) is 0.624. The van der Waals surface area contributed by atoms with E-state index >= 15 is 0 Å². The number of fused-ring (bicyclic) bond motifs is 1. The van der Waals surface area contributed by atoms with Crippen molar-refractivity contribution < 1.29 is 19.4 Å². The first-order valence-electron chi connectivity index (χ1n) is 12.7. The number of hydrogen-bond acceptors (Lipinski definition) is 5. The van der Waals surface area contributed by atoms with Crippen LogP contribution in [0.5, 0.6) is 5.75 Å². The molecule has 0 atom stereocenters. The number of hydrogen-bond donors (Lipinski definition) is 1. The van der Waals surface area contributed by atoms with E-state index in [4.69, 9.17) is 21.1 Å². The Kier molecular flexibility index (Phi) is 8.48. The summed E-state index contributed by atoms with van der Waals surface area (Å²) in [6, 6.07) is 13.9. The summed E-state index contributed by atoms with van der Waals surface area (Å²) >= 11 is 7.92. The highest BCUT2D eigenvalue weighted by Crippen LogP contribution is 2.43. The maximum atomic E-state index is 12.6. The average Bonchev–Trinajstić information content (AvgIpc) is 3.08. The molecule has 0 aliphatic carbocycles. The zero-order chi connectivity index (χ0) is 26.8. The molecule has 0 unspecified atom stereocenters. The smallest absolute Gasteiger partial charge is 0.260 e. The number of aromatic nitrogens is 1.